The number of hydrogen-bond acceptors (Lipinski definition) is 6. The fraction of sp³-hybridized carbons (Fsp3) is 0.238. The van der Waals surface area contributed by atoms with Gasteiger partial charge in [-0.15, -0.1) is 0 Å². The van der Waals surface area contributed by atoms with E-state index >= 15 is 0 Å². The molecule has 2 N–H and O–H groups in total. The third kappa shape index (κ3) is 5.60. The van der Waals surface area contributed by atoms with Crippen LogP contribution in [-0.2, 0) is 13.0 Å². The molecule has 0 radical (unpaired) electrons. The summed E-state index contributed by atoms with van der Waals surface area (Å²) in [5, 5.41) is 6.58. The van der Waals surface area contributed by atoms with E-state index in [-0.39, 0.29) is 0 Å². The Balaban J connectivity index is 1.50. The van der Waals surface area contributed by atoms with Gasteiger partial charge in [-0.3, -0.25) is 0 Å². The van der Waals surface area contributed by atoms with Crippen LogP contribution in [0.2, 0.25) is 0 Å². The number of rotatable bonds is 9. The number of nitrogens with zero attached hydrogens (tertiary/aromatic N) is 2. The van der Waals surface area contributed by atoms with Crippen LogP contribution in [-0.4, -0.2) is 30.7 Å². The predicted molar refractivity (Wildman–Crippen MR) is 108 cm³/mol. The number of methoxy groups -OCH3 is 2. The van der Waals surface area contributed by atoms with Gasteiger partial charge in [0.15, 0.2) is 0 Å². The molecule has 0 bridgehead atoms. The monoisotopic (exact) mass is 364 g/mol. The Morgan fingerprint density at radius 2 is 1.67 bits per heavy atom. The summed E-state index contributed by atoms with van der Waals surface area (Å²) in [4.78, 5) is 8.78. The summed E-state index contributed by atoms with van der Waals surface area (Å²) in [6.07, 6.45) is 2.61. The van der Waals surface area contributed by atoms with Crippen molar-refractivity contribution in [1.82, 2.24) is 9.97 Å². The molecule has 3 rings (SSSR count). The average Bonchev–Trinajstić information content (AvgIpc) is 2.73. The zero-order valence-corrected chi connectivity index (χ0v) is 15.6. The van der Waals surface area contributed by atoms with E-state index in [1.165, 1.54) is 5.56 Å². The van der Waals surface area contributed by atoms with Crippen molar-refractivity contribution in [3.63, 3.8) is 0 Å². The van der Waals surface area contributed by atoms with Crippen molar-refractivity contribution in [2.45, 2.75) is 13.0 Å². The quantitative estimate of drug-likeness (QED) is 0.603. The molecule has 0 unspecified atom stereocenters. The molecule has 0 saturated heterocycles. The molecule has 0 fully saturated rings. The van der Waals surface area contributed by atoms with Crippen molar-refractivity contribution in [2.24, 2.45) is 0 Å². The number of benzene rings is 2. The van der Waals surface area contributed by atoms with Crippen LogP contribution in [0.1, 0.15) is 11.1 Å². The minimum absolute atomic E-state index is 0.609. The SMILES string of the molecule is COc1ccc(CNc2ccnc(NCCc3cccc(OC)c3)n2)cc1. The highest BCUT2D eigenvalue weighted by Crippen LogP contribution is 2.14. The molecule has 0 amide bonds. The smallest absolute Gasteiger partial charge is 0.224 e. The van der Waals surface area contributed by atoms with E-state index in [1.807, 2.05) is 48.5 Å². The normalized spacial score (nSPS) is 10.3. The van der Waals surface area contributed by atoms with Crippen LogP contribution in [0.4, 0.5) is 11.8 Å². The van der Waals surface area contributed by atoms with Crippen LogP contribution < -0.4 is 20.1 Å². The number of anilines is 2. The first-order chi connectivity index (χ1) is 13.3. The Morgan fingerprint density at radius 1 is 0.852 bits per heavy atom. The lowest BCUT2D eigenvalue weighted by atomic mass is 10.1. The molecule has 0 atom stereocenters. The lowest BCUT2D eigenvalue weighted by Gasteiger charge is -2.09. The molecule has 1 aromatic heterocycles. The van der Waals surface area contributed by atoms with Gasteiger partial charge in [0.05, 0.1) is 14.2 Å². The molecule has 27 heavy (non-hydrogen) atoms. The second kappa shape index (κ2) is 9.43. The van der Waals surface area contributed by atoms with Crippen molar-refractivity contribution in [3.8, 4) is 11.5 Å². The Hall–Kier alpha value is -3.28. The fourth-order valence-electron chi connectivity index (χ4n) is 2.62. The van der Waals surface area contributed by atoms with Gasteiger partial charge in [0.25, 0.3) is 0 Å². The summed E-state index contributed by atoms with van der Waals surface area (Å²) in [5.41, 5.74) is 2.36. The van der Waals surface area contributed by atoms with Crippen LogP contribution in [0.5, 0.6) is 11.5 Å². The van der Waals surface area contributed by atoms with Crippen molar-refractivity contribution in [3.05, 3.63) is 71.9 Å². The highest BCUT2D eigenvalue weighted by Gasteiger charge is 2.01. The first-order valence-electron chi connectivity index (χ1n) is 8.83. The van der Waals surface area contributed by atoms with Gasteiger partial charge in [-0.05, 0) is 47.9 Å². The van der Waals surface area contributed by atoms with Crippen LogP contribution in [0.25, 0.3) is 0 Å². The highest BCUT2D eigenvalue weighted by molar-refractivity contribution is 5.41. The number of hydrogen-bond donors (Lipinski definition) is 2. The third-order valence-corrected chi connectivity index (χ3v) is 4.12. The van der Waals surface area contributed by atoms with Crippen molar-refractivity contribution in [1.29, 1.82) is 0 Å². The molecule has 0 aliphatic rings. The molecule has 6 heteroatoms. The molecule has 3 aromatic rings. The maximum absolute atomic E-state index is 5.25. The first kappa shape index (κ1) is 18.5. The summed E-state index contributed by atoms with van der Waals surface area (Å²) in [5.74, 6) is 3.11. The summed E-state index contributed by atoms with van der Waals surface area (Å²) in [6, 6.07) is 17.9. The highest BCUT2D eigenvalue weighted by atomic mass is 16.5. The van der Waals surface area contributed by atoms with Gasteiger partial charge in [-0.1, -0.05) is 24.3 Å². The average molecular weight is 364 g/mol. The largest absolute Gasteiger partial charge is 0.497 e. The van der Waals surface area contributed by atoms with Gasteiger partial charge >= 0.3 is 0 Å². The predicted octanol–water partition coefficient (Wildman–Crippen LogP) is 3.76. The Labute approximate surface area is 159 Å². The summed E-state index contributed by atoms with van der Waals surface area (Å²) in [7, 11) is 3.34. The summed E-state index contributed by atoms with van der Waals surface area (Å²) < 4.78 is 10.4. The maximum Gasteiger partial charge on any atom is 0.224 e. The van der Waals surface area contributed by atoms with E-state index in [9.17, 15) is 0 Å². The molecular weight excluding hydrogens is 340 g/mol. The fourth-order valence-corrected chi connectivity index (χ4v) is 2.62. The molecule has 1 heterocycles. The molecule has 0 aliphatic heterocycles. The zero-order valence-electron chi connectivity index (χ0n) is 15.6. The Bertz CT molecular complexity index is 853. The van der Waals surface area contributed by atoms with Crippen LogP contribution >= 0.6 is 0 Å². The topological polar surface area (TPSA) is 68.3 Å². The Kier molecular flexibility index (Phi) is 6.46. The van der Waals surface area contributed by atoms with Crippen molar-refractivity contribution in [2.75, 3.05) is 31.4 Å². The van der Waals surface area contributed by atoms with Gasteiger partial charge in [0.2, 0.25) is 5.95 Å². The van der Waals surface area contributed by atoms with Crippen molar-refractivity contribution >= 4 is 11.8 Å². The second-order valence-corrected chi connectivity index (χ2v) is 6.00. The number of ether oxygens (including phenoxy) is 2. The minimum atomic E-state index is 0.609. The molecule has 2 aromatic carbocycles. The molecule has 0 aliphatic carbocycles. The Morgan fingerprint density at radius 3 is 2.44 bits per heavy atom. The van der Waals surface area contributed by atoms with Crippen LogP contribution in [0.3, 0.4) is 0 Å². The van der Waals surface area contributed by atoms with Gasteiger partial charge < -0.3 is 20.1 Å². The van der Waals surface area contributed by atoms with Gasteiger partial charge in [-0.2, -0.15) is 4.98 Å². The van der Waals surface area contributed by atoms with E-state index in [0.29, 0.717) is 12.5 Å². The molecule has 0 spiro atoms. The maximum atomic E-state index is 5.25. The van der Waals surface area contributed by atoms with Crippen molar-refractivity contribution < 1.29 is 9.47 Å². The lowest BCUT2D eigenvalue weighted by Crippen LogP contribution is -2.09. The van der Waals surface area contributed by atoms with Gasteiger partial charge in [0.1, 0.15) is 17.3 Å². The third-order valence-electron chi connectivity index (χ3n) is 4.12. The number of aromatic nitrogens is 2. The molecule has 140 valence electrons. The lowest BCUT2D eigenvalue weighted by molar-refractivity contribution is 0.414. The van der Waals surface area contributed by atoms with E-state index in [2.05, 4.69) is 26.7 Å². The van der Waals surface area contributed by atoms with Gasteiger partial charge in [-0.25, -0.2) is 4.98 Å². The molecule has 6 nitrogen and oxygen atoms in total. The minimum Gasteiger partial charge on any atom is -0.497 e. The zero-order chi connectivity index (χ0) is 18.9. The second-order valence-electron chi connectivity index (χ2n) is 6.00. The van der Waals surface area contributed by atoms with E-state index in [1.54, 1.807) is 20.4 Å². The molecule has 0 saturated carbocycles. The van der Waals surface area contributed by atoms with Crippen LogP contribution in [0, 0.1) is 0 Å². The van der Waals surface area contributed by atoms with Gasteiger partial charge in [0, 0.05) is 19.3 Å². The van der Waals surface area contributed by atoms with E-state index in [0.717, 1.165) is 35.8 Å². The standard InChI is InChI=1S/C21H24N4O2/c1-26-18-8-6-17(7-9-18)15-24-20-11-13-23-21(25-20)22-12-10-16-4-3-5-19(14-16)27-2/h3-9,11,13-14H,10,12,15H2,1-2H3,(H2,22,23,24,25). The summed E-state index contributed by atoms with van der Waals surface area (Å²) >= 11 is 0. The van der Waals surface area contributed by atoms with Crippen LogP contribution in [0.15, 0.2) is 60.8 Å². The first-order valence-corrected chi connectivity index (χ1v) is 8.83. The molecular formula is C21H24N4O2. The van der Waals surface area contributed by atoms with E-state index in [4.69, 9.17) is 9.47 Å². The number of nitrogens with one attached hydrogen (secondary N) is 2. The van der Waals surface area contributed by atoms with E-state index < -0.39 is 0 Å². The summed E-state index contributed by atoms with van der Waals surface area (Å²) in [6.45, 7) is 1.43.